The molecule has 0 aromatic heterocycles. The maximum atomic E-state index is 11.7. The number of nitro benzene ring substituents is 1. The molecule has 0 bridgehead atoms. The van der Waals surface area contributed by atoms with Crippen LogP contribution in [0.1, 0.15) is 19.4 Å². The molecule has 0 saturated heterocycles. The van der Waals surface area contributed by atoms with E-state index in [9.17, 15) is 49.4 Å². The lowest BCUT2D eigenvalue weighted by atomic mass is 9.91. The van der Waals surface area contributed by atoms with Crippen LogP contribution in [-0.2, 0) is 30.4 Å². The van der Waals surface area contributed by atoms with Crippen LogP contribution in [0, 0.1) is 15.5 Å². The lowest BCUT2D eigenvalue weighted by Gasteiger charge is -2.38. The van der Waals surface area contributed by atoms with Crippen LogP contribution in [0.3, 0.4) is 0 Å². The molecule has 16 heteroatoms. The Balaban J connectivity index is 3.34. The summed E-state index contributed by atoms with van der Waals surface area (Å²) in [6.07, 6.45) is 0.0270. The van der Waals surface area contributed by atoms with Gasteiger partial charge in [0.25, 0.3) is 5.69 Å². The fourth-order valence-corrected chi connectivity index (χ4v) is 4.48. The van der Waals surface area contributed by atoms with Gasteiger partial charge in [0.1, 0.15) is 0 Å². The average molecular weight is 571 g/mol. The summed E-state index contributed by atoms with van der Waals surface area (Å²) in [4.78, 5) is 71.4. The Labute approximate surface area is 229 Å². The van der Waals surface area contributed by atoms with Gasteiger partial charge in [-0.3, -0.25) is 48.8 Å². The molecule has 5 N–H and O–H groups in total. The van der Waals surface area contributed by atoms with E-state index in [2.05, 4.69) is 0 Å². The van der Waals surface area contributed by atoms with Gasteiger partial charge in [-0.2, -0.15) is 0 Å². The second-order valence-corrected chi connectivity index (χ2v) is 10.1. The highest BCUT2D eigenvalue weighted by Gasteiger charge is 2.31. The van der Waals surface area contributed by atoms with Crippen LogP contribution in [0.5, 0.6) is 0 Å². The van der Waals surface area contributed by atoms with Gasteiger partial charge in [0.15, 0.2) is 0 Å². The van der Waals surface area contributed by atoms with E-state index >= 15 is 0 Å². The van der Waals surface area contributed by atoms with Crippen LogP contribution in [0.2, 0.25) is 0 Å². The zero-order chi connectivity index (χ0) is 30.6. The van der Waals surface area contributed by atoms with Crippen LogP contribution in [-0.4, -0.2) is 133 Å². The van der Waals surface area contributed by atoms with E-state index in [0.29, 0.717) is 5.56 Å². The van der Waals surface area contributed by atoms with Crippen molar-refractivity contribution in [2.24, 2.45) is 5.41 Å². The number of carboxylic acids is 5. The Hall–Kier alpha value is -4.15. The number of rotatable bonds is 20. The summed E-state index contributed by atoms with van der Waals surface area (Å²) in [5, 5.41) is 57.6. The molecule has 0 heterocycles. The van der Waals surface area contributed by atoms with Gasteiger partial charge in [-0.1, -0.05) is 26.0 Å². The molecule has 0 aliphatic rings. The fraction of sp³-hybridized carbons (Fsp3) is 0.542. The number of hydrogen-bond acceptors (Lipinski definition) is 10. The minimum absolute atomic E-state index is 0.000216. The predicted molar refractivity (Wildman–Crippen MR) is 137 cm³/mol. The Morgan fingerprint density at radius 1 is 0.750 bits per heavy atom. The highest BCUT2D eigenvalue weighted by atomic mass is 16.6. The Morgan fingerprint density at radius 3 is 1.55 bits per heavy atom. The summed E-state index contributed by atoms with van der Waals surface area (Å²) >= 11 is 0. The van der Waals surface area contributed by atoms with Gasteiger partial charge >= 0.3 is 29.8 Å². The lowest BCUT2D eigenvalue weighted by Crippen LogP contribution is -2.52. The van der Waals surface area contributed by atoms with E-state index < -0.39 is 79.0 Å². The number of nitrogens with zero attached hydrogens (tertiary/aromatic N) is 4. The molecule has 0 spiro atoms. The highest BCUT2D eigenvalue weighted by molar-refractivity contribution is 5.73. The maximum Gasteiger partial charge on any atom is 0.317 e. The molecule has 1 rings (SSSR count). The van der Waals surface area contributed by atoms with E-state index in [0.717, 1.165) is 4.90 Å². The second-order valence-electron chi connectivity index (χ2n) is 10.1. The maximum absolute atomic E-state index is 11.7. The molecule has 0 amide bonds. The molecule has 1 unspecified atom stereocenters. The van der Waals surface area contributed by atoms with Crippen LogP contribution >= 0.6 is 0 Å². The number of nitro groups is 1. The van der Waals surface area contributed by atoms with Crippen molar-refractivity contribution in [3.8, 4) is 0 Å². The predicted octanol–water partition coefficient (Wildman–Crippen LogP) is -0.139. The van der Waals surface area contributed by atoms with Crippen molar-refractivity contribution in [3.05, 3.63) is 39.9 Å². The Bertz CT molecular complexity index is 1040. The highest BCUT2D eigenvalue weighted by Crippen LogP contribution is 2.21. The van der Waals surface area contributed by atoms with Crippen molar-refractivity contribution in [3.63, 3.8) is 0 Å². The van der Waals surface area contributed by atoms with E-state index in [4.69, 9.17) is 10.2 Å². The number of aliphatic carboxylic acids is 5. The van der Waals surface area contributed by atoms with E-state index in [1.54, 1.807) is 13.8 Å². The minimum Gasteiger partial charge on any atom is -0.480 e. The van der Waals surface area contributed by atoms with Gasteiger partial charge in [0.05, 0.1) is 37.6 Å². The van der Waals surface area contributed by atoms with Crippen LogP contribution in [0.4, 0.5) is 5.69 Å². The van der Waals surface area contributed by atoms with Gasteiger partial charge in [-0.15, -0.1) is 0 Å². The normalized spacial score (nSPS) is 12.4. The number of benzene rings is 1. The first-order valence-electron chi connectivity index (χ1n) is 12.0. The number of non-ortho nitro benzene ring substituents is 1. The summed E-state index contributed by atoms with van der Waals surface area (Å²) < 4.78 is 0. The SMILES string of the molecule is CC(C)(CN(CC(=O)O)CC(=O)O)CN(CC(=O)O)CC(Cc1ccc([N+](=O)[O-])cc1)N(CC(=O)O)CC(=O)O. The van der Waals surface area contributed by atoms with Gasteiger partial charge in [-0.05, 0) is 17.4 Å². The third-order valence-electron chi connectivity index (χ3n) is 5.66. The molecule has 16 nitrogen and oxygen atoms in total. The molecule has 0 saturated carbocycles. The zero-order valence-corrected chi connectivity index (χ0v) is 22.1. The monoisotopic (exact) mass is 570 g/mol. The zero-order valence-electron chi connectivity index (χ0n) is 22.1. The van der Waals surface area contributed by atoms with Crippen molar-refractivity contribution in [2.75, 3.05) is 52.4 Å². The Morgan fingerprint density at radius 2 is 1.15 bits per heavy atom. The van der Waals surface area contributed by atoms with Crippen molar-refractivity contribution in [2.45, 2.75) is 26.3 Å². The molecular formula is C24H34N4O12. The molecule has 0 fully saturated rings. The van der Waals surface area contributed by atoms with E-state index in [1.807, 2.05) is 0 Å². The molecular weight excluding hydrogens is 536 g/mol. The Kier molecular flexibility index (Phi) is 13.1. The molecule has 0 aliphatic carbocycles. The third-order valence-corrected chi connectivity index (χ3v) is 5.66. The summed E-state index contributed by atoms with van der Waals surface area (Å²) in [5.41, 5.74) is -0.530. The molecule has 40 heavy (non-hydrogen) atoms. The van der Waals surface area contributed by atoms with Gasteiger partial charge < -0.3 is 25.5 Å². The largest absolute Gasteiger partial charge is 0.480 e. The first-order valence-corrected chi connectivity index (χ1v) is 12.0. The fourth-order valence-electron chi connectivity index (χ4n) is 4.48. The molecule has 222 valence electrons. The summed E-state index contributed by atoms with van der Waals surface area (Å²) in [6.45, 7) is 0.148. The quantitative estimate of drug-likeness (QED) is 0.101. The topological polar surface area (TPSA) is 239 Å². The summed E-state index contributed by atoms with van der Waals surface area (Å²) in [7, 11) is 0. The van der Waals surface area contributed by atoms with Gasteiger partial charge in [-0.25, -0.2) is 0 Å². The summed E-state index contributed by atoms with van der Waals surface area (Å²) in [6, 6.07) is 4.49. The van der Waals surface area contributed by atoms with Crippen LogP contribution < -0.4 is 0 Å². The molecule has 1 aromatic rings. The first-order chi connectivity index (χ1) is 18.5. The minimum atomic E-state index is -1.32. The first kappa shape index (κ1) is 33.9. The van der Waals surface area contributed by atoms with Crippen LogP contribution in [0.15, 0.2) is 24.3 Å². The molecule has 1 aromatic carbocycles. The third kappa shape index (κ3) is 13.6. The molecule has 0 aliphatic heterocycles. The second kappa shape index (κ2) is 15.4. The number of hydrogen-bond donors (Lipinski definition) is 5. The van der Waals surface area contributed by atoms with Gasteiger partial charge in [0.2, 0.25) is 0 Å². The average Bonchev–Trinajstić information content (AvgIpc) is 2.75. The lowest BCUT2D eigenvalue weighted by molar-refractivity contribution is -0.384. The smallest absolute Gasteiger partial charge is 0.317 e. The summed E-state index contributed by atoms with van der Waals surface area (Å²) in [5.74, 6) is -6.38. The number of carboxylic acid groups (broad SMARTS) is 5. The van der Waals surface area contributed by atoms with Crippen molar-refractivity contribution >= 4 is 35.5 Å². The van der Waals surface area contributed by atoms with Crippen molar-refractivity contribution in [1.82, 2.24) is 14.7 Å². The van der Waals surface area contributed by atoms with E-state index in [-0.39, 0.29) is 31.7 Å². The van der Waals surface area contributed by atoms with Gasteiger partial charge in [0, 0.05) is 37.8 Å². The van der Waals surface area contributed by atoms with E-state index in [1.165, 1.54) is 34.1 Å². The van der Waals surface area contributed by atoms with Crippen LogP contribution in [0.25, 0.3) is 0 Å². The van der Waals surface area contributed by atoms with Crippen molar-refractivity contribution in [1.29, 1.82) is 0 Å². The number of carbonyl (C=O) groups is 5. The van der Waals surface area contributed by atoms with Crippen molar-refractivity contribution < 1.29 is 54.4 Å². The standard InChI is InChI=1S/C24H34N4O12/c1-24(2,15-26(10-20(31)32)11-21(33)34)14-25(9-19(29)30)8-18(27(12-22(35)36)13-23(37)38)7-16-3-5-17(6-4-16)28(39)40/h3-6,18H,7-15H2,1-2H3,(H,29,30)(H,31,32)(H,33,34)(H,35,36)(H,37,38). The molecule has 0 radical (unpaired) electrons. The molecule has 1 atom stereocenters.